The first kappa shape index (κ1) is 13.3. The molecule has 0 bridgehead atoms. The predicted molar refractivity (Wildman–Crippen MR) is 81.3 cm³/mol. The number of benzene rings is 1. The molecule has 0 radical (unpaired) electrons. The van der Waals surface area contributed by atoms with Crippen LogP contribution in [0.15, 0.2) is 29.9 Å². The Kier molecular flexibility index (Phi) is 2.94. The van der Waals surface area contributed by atoms with Gasteiger partial charge in [0.2, 0.25) is 5.88 Å². The van der Waals surface area contributed by atoms with Crippen LogP contribution >= 0.6 is 11.3 Å². The smallest absolute Gasteiger partial charge is 0.231 e. The predicted octanol–water partition coefficient (Wildman–Crippen LogP) is 4.31. The number of hydrogen-bond acceptors (Lipinski definition) is 5. The summed E-state index contributed by atoms with van der Waals surface area (Å²) in [5, 5.41) is 2.68. The average Bonchev–Trinajstić information content (AvgIpc) is 3.08. The number of aromatic nitrogens is 2. The van der Waals surface area contributed by atoms with E-state index in [1.165, 1.54) is 29.8 Å². The van der Waals surface area contributed by atoms with Crippen LogP contribution in [0.1, 0.15) is 35.2 Å². The Morgan fingerprint density at radius 3 is 3.05 bits per heavy atom. The fourth-order valence-electron chi connectivity index (χ4n) is 2.86. The third-order valence-electron chi connectivity index (χ3n) is 3.85. The lowest BCUT2D eigenvalue weighted by atomic mass is 10.0. The van der Waals surface area contributed by atoms with Gasteiger partial charge in [0.05, 0.1) is 10.9 Å². The number of carbonyl (C=O) groups is 1. The van der Waals surface area contributed by atoms with E-state index in [-0.39, 0.29) is 17.5 Å². The van der Waals surface area contributed by atoms with Gasteiger partial charge in [0.1, 0.15) is 22.7 Å². The van der Waals surface area contributed by atoms with Gasteiger partial charge >= 0.3 is 0 Å². The molecule has 2 heterocycles. The molecule has 0 N–H and O–H groups in total. The Bertz CT molecular complexity index is 906. The van der Waals surface area contributed by atoms with Crippen LogP contribution in [0.4, 0.5) is 4.39 Å². The zero-order chi connectivity index (χ0) is 15.3. The Balaban J connectivity index is 1.85. The van der Waals surface area contributed by atoms with Crippen molar-refractivity contribution in [2.24, 2.45) is 0 Å². The molecule has 2 aromatic heterocycles. The highest BCUT2D eigenvalue weighted by Gasteiger charge is 2.32. The van der Waals surface area contributed by atoms with Crippen LogP contribution in [0.3, 0.4) is 0 Å². The molecule has 0 unspecified atom stereocenters. The van der Waals surface area contributed by atoms with Crippen LogP contribution in [-0.4, -0.2) is 15.8 Å². The minimum atomic E-state index is -0.357. The summed E-state index contributed by atoms with van der Waals surface area (Å²) >= 11 is 1.48. The first-order chi connectivity index (χ1) is 10.6. The molecule has 0 saturated heterocycles. The summed E-state index contributed by atoms with van der Waals surface area (Å²) in [7, 11) is 0. The molecule has 0 aliphatic heterocycles. The van der Waals surface area contributed by atoms with Crippen molar-refractivity contribution in [1.29, 1.82) is 0 Å². The molecule has 4 nitrogen and oxygen atoms in total. The normalized spacial score (nSPS) is 17.0. The maximum atomic E-state index is 14.0. The molecule has 1 aromatic carbocycles. The van der Waals surface area contributed by atoms with Crippen LogP contribution < -0.4 is 4.74 Å². The zero-order valence-corrected chi connectivity index (χ0v) is 12.5. The van der Waals surface area contributed by atoms with Crippen molar-refractivity contribution in [2.45, 2.75) is 19.3 Å². The van der Waals surface area contributed by atoms with Gasteiger partial charge in [-0.15, -0.1) is 11.3 Å². The number of fused-ring (bicyclic) bond motifs is 2. The van der Waals surface area contributed by atoms with E-state index in [0.717, 1.165) is 10.2 Å². The number of nitrogens with zero attached hydrogens (tertiary/aromatic N) is 2. The minimum absolute atomic E-state index is 0.0902. The van der Waals surface area contributed by atoms with Crippen LogP contribution in [-0.2, 0) is 0 Å². The number of halogens is 1. The molecule has 0 fully saturated rings. The first-order valence-corrected chi connectivity index (χ1v) is 7.74. The maximum Gasteiger partial charge on any atom is 0.231 e. The summed E-state index contributed by atoms with van der Waals surface area (Å²) < 4.78 is 19.8. The molecular formula is C16H11FN2O2S. The van der Waals surface area contributed by atoms with Crippen LogP contribution in [0.2, 0.25) is 0 Å². The Morgan fingerprint density at radius 2 is 2.18 bits per heavy atom. The lowest BCUT2D eigenvalue weighted by Crippen LogP contribution is -2.00. The average molecular weight is 314 g/mol. The highest BCUT2D eigenvalue weighted by Crippen LogP contribution is 2.41. The zero-order valence-electron chi connectivity index (χ0n) is 11.7. The highest BCUT2D eigenvalue weighted by atomic mass is 32.1. The topological polar surface area (TPSA) is 52.1 Å². The van der Waals surface area contributed by atoms with E-state index in [0.29, 0.717) is 29.2 Å². The van der Waals surface area contributed by atoms with Gasteiger partial charge in [0, 0.05) is 12.0 Å². The number of carbonyl (C=O) groups excluding carboxylic acids is 1. The van der Waals surface area contributed by atoms with Crippen molar-refractivity contribution in [3.63, 3.8) is 0 Å². The van der Waals surface area contributed by atoms with Crippen LogP contribution in [0, 0.1) is 5.82 Å². The Hall–Kier alpha value is -2.34. The standard InChI is InChI=1S/C16H11FN2O2S/c1-8-6-11(20)14-12(3-2-10(17)13(8)14)21-15-9-4-5-22-16(9)19-7-18-15/h2-5,7-8H,6H2,1H3/t8-/m0/s1. The van der Waals surface area contributed by atoms with Gasteiger partial charge in [-0.2, -0.15) is 0 Å². The molecule has 0 spiro atoms. The minimum Gasteiger partial charge on any atom is -0.437 e. The number of thiophene rings is 1. The Labute approximate surface area is 129 Å². The van der Waals surface area contributed by atoms with Crippen molar-refractivity contribution in [3.05, 3.63) is 46.9 Å². The lowest BCUT2D eigenvalue weighted by molar-refractivity contribution is 0.0988. The van der Waals surface area contributed by atoms with Crippen LogP contribution in [0.25, 0.3) is 10.2 Å². The van der Waals surface area contributed by atoms with E-state index in [9.17, 15) is 9.18 Å². The van der Waals surface area contributed by atoms with Gasteiger partial charge in [0.25, 0.3) is 0 Å². The van der Waals surface area contributed by atoms with E-state index < -0.39 is 0 Å². The monoisotopic (exact) mass is 314 g/mol. The van der Waals surface area contributed by atoms with Crippen molar-refractivity contribution < 1.29 is 13.9 Å². The Morgan fingerprint density at radius 1 is 1.32 bits per heavy atom. The summed E-state index contributed by atoms with van der Waals surface area (Å²) in [5.74, 6) is 0.165. The van der Waals surface area contributed by atoms with Crippen molar-refractivity contribution >= 4 is 27.3 Å². The van der Waals surface area contributed by atoms with Gasteiger partial charge in [-0.25, -0.2) is 14.4 Å². The summed E-state index contributed by atoms with van der Waals surface area (Å²) in [5.41, 5.74) is 0.785. The summed E-state index contributed by atoms with van der Waals surface area (Å²) in [6, 6.07) is 4.70. The number of ketones is 1. The molecule has 1 aliphatic rings. The van der Waals surface area contributed by atoms with E-state index in [2.05, 4.69) is 9.97 Å². The number of Topliss-reactive ketones (excluding diaryl/α,β-unsaturated/α-hetero) is 1. The van der Waals surface area contributed by atoms with Gasteiger partial charge in [0.15, 0.2) is 5.78 Å². The van der Waals surface area contributed by atoms with E-state index in [4.69, 9.17) is 4.74 Å². The van der Waals surface area contributed by atoms with Gasteiger partial charge in [-0.05, 0) is 29.5 Å². The van der Waals surface area contributed by atoms with Crippen molar-refractivity contribution in [2.75, 3.05) is 0 Å². The molecule has 4 rings (SSSR count). The first-order valence-electron chi connectivity index (χ1n) is 6.87. The SMILES string of the molecule is C[C@H]1CC(=O)c2c(Oc3ncnc4sccc34)ccc(F)c21. The molecule has 1 aliphatic carbocycles. The molecule has 0 amide bonds. The largest absolute Gasteiger partial charge is 0.437 e. The number of hydrogen-bond donors (Lipinski definition) is 0. The van der Waals surface area contributed by atoms with Crippen LogP contribution in [0.5, 0.6) is 11.6 Å². The maximum absolute atomic E-state index is 14.0. The number of rotatable bonds is 2. The highest BCUT2D eigenvalue weighted by molar-refractivity contribution is 7.16. The molecule has 6 heteroatoms. The van der Waals surface area contributed by atoms with Gasteiger partial charge < -0.3 is 4.74 Å². The molecular weight excluding hydrogens is 303 g/mol. The third-order valence-corrected chi connectivity index (χ3v) is 4.67. The van der Waals surface area contributed by atoms with Gasteiger partial charge in [-0.3, -0.25) is 4.79 Å². The second-order valence-electron chi connectivity index (χ2n) is 5.28. The lowest BCUT2D eigenvalue weighted by Gasteiger charge is -2.11. The second kappa shape index (κ2) is 4.84. The molecule has 3 aromatic rings. The fourth-order valence-corrected chi connectivity index (χ4v) is 3.59. The second-order valence-corrected chi connectivity index (χ2v) is 6.18. The fraction of sp³-hybridized carbons (Fsp3) is 0.188. The quantitative estimate of drug-likeness (QED) is 0.707. The van der Waals surface area contributed by atoms with E-state index in [1.54, 1.807) is 0 Å². The van der Waals surface area contributed by atoms with Crippen molar-refractivity contribution in [1.82, 2.24) is 9.97 Å². The summed E-state index contributed by atoms with van der Waals surface area (Å²) in [4.78, 5) is 21.3. The van der Waals surface area contributed by atoms with Crippen molar-refractivity contribution in [3.8, 4) is 11.6 Å². The summed E-state index contributed by atoms with van der Waals surface area (Å²) in [6.45, 7) is 1.85. The third kappa shape index (κ3) is 1.91. The molecule has 1 atom stereocenters. The summed E-state index contributed by atoms with van der Waals surface area (Å²) in [6.07, 6.45) is 1.73. The van der Waals surface area contributed by atoms with Gasteiger partial charge in [-0.1, -0.05) is 6.92 Å². The number of ether oxygens (including phenoxy) is 1. The van der Waals surface area contributed by atoms with E-state index >= 15 is 0 Å². The molecule has 22 heavy (non-hydrogen) atoms. The molecule has 0 saturated carbocycles. The molecule has 110 valence electrons. The van der Waals surface area contributed by atoms with E-state index in [1.807, 2.05) is 18.4 Å².